The lowest BCUT2D eigenvalue weighted by Crippen LogP contribution is -1.87. The summed E-state index contributed by atoms with van der Waals surface area (Å²) in [5, 5.41) is 12.2. The van der Waals surface area contributed by atoms with Gasteiger partial charge in [0.15, 0.2) is 0 Å². The standard InChI is InChI=1S/C16H11Cl2NO/c1-9-2-4-12(15(17)6-9)14-8-19-16(18)13-7-10(20)3-5-11(13)14/h2-8,20H,1H3. The van der Waals surface area contributed by atoms with E-state index < -0.39 is 0 Å². The van der Waals surface area contributed by atoms with Crippen LogP contribution in [0.2, 0.25) is 10.2 Å². The molecule has 1 aromatic heterocycles. The molecule has 0 aliphatic heterocycles. The molecule has 0 radical (unpaired) electrons. The first kappa shape index (κ1) is 13.2. The fourth-order valence-corrected chi connectivity index (χ4v) is 2.79. The van der Waals surface area contributed by atoms with E-state index in [0.717, 1.165) is 22.1 Å². The molecular weight excluding hydrogens is 293 g/mol. The summed E-state index contributed by atoms with van der Waals surface area (Å²) in [5.41, 5.74) is 2.90. The molecule has 1 heterocycles. The highest BCUT2D eigenvalue weighted by Crippen LogP contribution is 2.36. The van der Waals surface area contributed by atoms with E-state index in [1.807, 2.05) is 31.2 Å². The number of aromatic nitrogens is 1. The average Bonchev–Trinajstić information content (AvgIpc) is 2.41. The molecule has 0 spiro atoms. The summed E-state index contributed by atoms with van der Waals surface area (Å²) >= 11 is 12.4. The fourth-order valence-electron chi connectivity index (χ4n) is 2.25. The topological polar surface area (TPSA) is 33.1 Å². The molecule has 0 saturated carbocycles. The molecule has 0 aliphatic rings. The Balaban J connectivity index is 2.34. The second-order valence-electron chi connectivity index (χ2n) is 4.68. The summed E-state index contributed by atoms with van der Waals surface area (Å²) in [6.07, 6.45) is 1.71. The minimum Gasteiger partial charge on any atom is -0.508 e. The normalized spacial score (nSPS) is 10.9. The van der Waals surface area contributed by atoms with Gasteiger partial charge in [-0.25, -0.2) is 4.98 Å². The van der Waals surface area contributed by atoms with Crippen molar-refractivity contribution in [3.8, 4) is 16.9 Å². The lowest BCUT2D eigenvalue weighted by atomic mass is 10.00. The van der Waals surface area contributed by atoms with E-state index in [0.29, 0.717) is 15.6 Å². The van der Waals surface area contributed by atoms with Gasteiger partial charge in [-0.15, -0.1) is 0 Å². The molecule has 0 bridgehead atoms. The highest BCUT2D eigenvalue weighted by molar-refractivity contribution is 6.36. The highest BCUT2D eigenvalue weighted by atomic mass is 35.5. The molecule has 3 aromatic rings. The number of aryl methyl sites for hydroxylation is 1. The summed E-state index contributed by atoms with van der Waals surface area (Å²) in [6, 6.07) is 10.9. The van der Waals surface area contributed by atoms with E-state index in [9.17, 15) is 5.11 Å². The zero-order valence-electron chi connectivity index (χ0n) is 10.7. The van der Waals surface area contributed by atoms with Crippen molar-refractivity contribution in [2.24, 2.45) is 0 Å². The molecule has 0 aliphatic carbocycles. The number of phenols is 1. The molecule has 0 unspecified atom stereocenters. The number of phenolic OH excluding ortho intramolecular Hbond substituents is 1. The summed E-state index contributed by atoms with van der Waals surface area (Å²) in [5.74, 6) is 0.161. The van der Waals surface area contributed by atoms with Crippen LogP contribution in [0.4, 0.5) is 0 Å². The minimum atomic E-state index is 0.161. The smallest absolute Gasteiger partial charge is 0.137 e. The third-order valence-corrected chi connectivity index (χ3v) is 3.85. The van der Waals surface area contributed by atoms with Crippen molar-refractivity contribution in [3.05, 3.63) is 58.3 Å². The van der Waals surface area contributed by atoms with Crippen LogP contribution >= 0.6 is 23.2 Å². The zero-order valence-corrected chi connectivity index (χ0v) is 12.2. The number of pyridine rings is 1. The number of aromatic hydroxyl groups is 1. The first-order valence-electron chi connectivity index (χ1n) is 6.10. The van der Waals surface area contributed by atoms with Gasteiger partial charge in [0, 0.05) is 27.7 Å². The Hall–Kier alpha value is -1.77. The molecule has 1 N–H and O–H groups in total. The van der Waals surface area contributed by atoms with Crippen LogP contribution in [0.3, 0.4) is 0 Å². The van der Waals surface area contributed by atoms with E-state index in [4.69, 9.17) is 23.2 Å². The van der Waals surface area contributed by atoms with E-state index >= 15 is 0 Å². The number of hydrogen-bond acceptors (Lipinski definition) is 2. The van der Waals surface area contributed by atoms with Gasteiger partial charge in [0.05, 0.1) is 0 Å². The van der Waals surface area contributed by atoms with Crippen molar-refractivity contribution in [3.63, 3.8) is 0 Å². The molecule has 0 atom stereocenters. The molecule has 0 fully saturated rings. The zero-order chi connectivity index (χ0) is 14.3. The van der Waals surface area contributed by atoms with Crippen LogP contribution in [0.15, 0.2) is 42.6 Å². The lowest BCUT2D eigenvalue weighted by Gasteiger charge is -2.10. The Morgan fingerprint density at radius 2 is 1.75 bits per heavy atom. The van der Waals surface area contributed by atoms with Gasteiger partial charge in [0.2, 0.25) is 0 Å². The Morgan fingerprint density at radius 3 is 2.50 bits per heavy atom. The molecule has 0 saturated heterocycles. The average molecular weight is 304 g/mol. The Labute approximate surface area is 126 Å². The summed E-state index contributed by atoms with van der Waals surface area (Å²) in [7, 11) is 0. The monoisotopic (exact) mass is 303 g/mol. The summed E-state index contributed by atoms with van der Waals surface area (Å²) < 4.78 is 0. The van der Waals surface area contributed by atoms with E-state index in [1.54, 1.807) is 18.3 Å². The molecule has 2 aromatic carbocycles. The Kier molecular flexibility index (Phi) is 3.28. The van der Waals surface area contributed by atoms with Crippen molar-refractivity contribution in [1.82, 2.24) is 4.98 Å². The predicted octanol–water partition coefficient (Wildman–Crippen LogP) is 5.22. The van der Waals surface area contributed by atoms with Gasteiger partial charge in [0.1, 0.15) is 10.9 Å². The maximum atomic E-state index is 9.59. The maximum Gasteiger partial charge on any atom is 0.137 e. The lowest BCUT2D eigenvalue weighted by molar-refractivity contribution is 0.476. The van der Waals surface area contributed by atoms with Crippen LogP contribution < -0.4 is 0 Å². The van der Waals surface area contributed by atoms with Crippen molar-refractivity contribution < 1.29 is 5.11 Å². The van der Waals surface area contributed by atoms with Crippen LogP contribution in [0.1, 0.15) is 5.56 Å². The second-order valence-corrected chi connectivity index (χ2v) is 5.44. The van der Waals surface area contributed by atoms with E-state index in [1.165, 1.54) is 0 Å². The molecule has 4 heteroatoms. The SMILES string of the molecule is Cc1ccc(-c2cnc(Cl)c3cc(O)ccc23)c(Cl)c1. The van der Waals surface area contributed by atoms with Crippen LogP contribution in [0, 0.1) is 6.92 Å². The Bertz CT molecular complexity index is 815. The van der Waals surface area contributed by atoms with Gasteiger partial charge in [-0.2, -0.15) is 0 Å². The molecule has 20 heavy (non-hydrogen) atoms. The quantitative estimate of drug-likeness (QED) is 0.625. The van der Waals surface area contributed by atoms with Crippen molar-refractivity contribution in [2.45, 2.75) is 6.92 Å². The minimum absolute atomic E-state index is 0.161. The summed E-state index contributed by atoms with van der Waals surface area (Å²) in [6.45, 7) is 1.99. The Morgan fingerprint density at radius 1 is 0.950 bits per heavy atom. The molecule has 0 amide bonds. The van der Waals surface area contributed by atoms with Crippen molar-refractivity contribution in [1.29, 1.82) is 0 Å². The largest absolute Gasteiger partial charge is 0.508 e. The number of rotatable bonds is 1. The third-order valence-electron chi connectivity index (χ3n) is 3.24. The van der Waals surface area contributed by atoms with Crippen LogP contribution in [-0.4, -0.2) is 10.1 Å². The first-order chi connectivity index (χ1) is 9.56. The molecule has 100 valence electrons. The van der Waals surface area contributed by atoms with E-state index in [2.05, 4.69) is 4.98 Å². The number of halogens is 2. The van der Waals surface area contributed by atoms with Crippen LogP contribution in [-0.2, 0) is 0 Å². The van der Waals surface area contributed by atoms with Gasteiger partial charge in [-0.3, -0.25) is 0 Å². The number of hydrogen-bond donors (Lipinski definition) is 1. The number of benzene rings is 2. The molecule has 2 nitrogen and oxygen atoms in total. The van der Waals surface area contributed by atoms with Crippen molar-refractivity contribution in [2.75, 3.05) is 0 Å². The van der Waals surface area contributed by atoms with Gasteiger partial charge in [0.25, 0.3) is 0 Å². The van der Waals surface area contributed by atoms with Gasteiger partial charge in [-0.05, 0) is 42.1 Å². The third kappa shape index (κ3) is 2.21. The van der Waals surface area contributed by atoms with Crippen molar-refractivity contribution >= 4 is 34.0 Å². The van der Waals surface area contributed by atoms with Gasteiger partial charge in [-0.1, -0.05) is 35.3 Å². The van der Waals surface area contributed by atoms with Crippen LogP contribution in [0.25, 0.3) is 21.9 Å². The van der Waals surface area contributed by atoms with Crippen LogP contribution in [0.5, 0.6) is 5.75 Å². The van der Waals surface area contributed by atoms with Gasteiger partial charge >= 0.3 is 0 Å². The van der Waals surface area contributed by atoms with E-state index in [-0.39, 0.29) is 5.75 Å². The first-order valence-corrected chi connectivity index (χ1v) is 6.85. The van der Waals surface area contributed by atoms with Gasteiger partial charge < -0.3 is 5.11 Å². The highest BCUT2D eigenvalue weighted by Gasteiger charge is 2.11. The second kappa shape index (κ2) is 4.97. The number of fused-ring (bicyclic) bond motifs is 1. The predicted molar refractivity (Wildman–Crippen MR) is 83.6 cm³/mol. The molecular formula is C16H11Cl2NO. The molecule has 3 rings (SSSR count). The summed E-state index contributed by atoms with van der Waals surface area (Å²) in [4.78, 5) is 4.18. The number of nitrogens with zero attached hydrogens (tertiary/aromatic N) is 1. The maximum absolute atomic E-state index is 9.59. The fraction of sp³-hybridized carbons (Fsp3) is 0.0625.